The van der Waals surface area contributed by atoms with Gasteiger partial charge in [-0.2, -0.15) is 0 Å². The molecule has 0 spiro atoms. The SMILES string of the molecule is C=C(C)Cn1c(=O)n(CC)c(=O)n(CC(=C)C)c1=O. The molecular formula is C13H19N3O3. The Morgan fingerprint density at radius 1 is 0.842 bits per heavy atom. The molecule has 104 valence electrons. The van der Waals surface area contributed by atoms with Crippen LogP contribution in [0.3, 0.4) is 0 Å². The number of nitrogens with zero attached hydrogens (tertiary/aromatic N) is 3. The Kier molecular flexibility index (Phi) is 4.47. The van der Waals surface area contributed by atoms with E-state index in [4.69, 9.17) is 0 Å². The molecule has 0 radical (unpaired) electrons. The zero-order valence-electron chi connectivity index (χ0n) is 11.6. The molecule has 6 nitrogen and oxygen atoms in total. The molecule has 19 heavy (non-hydrogen) atoms. The van der Waals surface area contributed by atoms with Crippen molar-refractivity contribution in [2.75, 3.05) is 0 Å². The van der Waals surface area contributed by atoms with Gasteiger partial charge in [-0.1, -0.05) is 24.3 Å². The Hall–Kier alpha value is -2.11. The Labute approximate surface area is 110 Å². The molecule has 0 amide bonds. The normalized spacial score (nSPS) is 10.5. The lowest BCUT2D eigenvalue weighted by Gasteiger charge is -2.12. The first-order valence-electron chi connectivity index (χ1n) is 6.02. The minimum Gasteiger partial charge on any atom is -0.247 e. The van der Waals surface area contributed by atoms with Gasteiger partial charge in [-0.3, -0.25) is 0 Å². The van der Waals surface area contributed by atoms with Crippen molar-refractivity contribution in [3.63, 3.8) is 0 Å². The average molecular weight is 265 g/mol. The number of hydrogen-bond donors (Lipinski definition) is 0. The molecule has 0 N–H and O–H groups in total. The topological polar surface area (TPSA) is 66.0 Å². The molecule has 0 saturated carbocycles. The quantitative estimate of drug-likeness (QED) is 0.721. The van der Waals surface area contributed by atoms with Gasteiger partial charge in [0, 0.05) is 6.54 Å². The van der Waals surface area contributed by atoms with Crippen LogP contribution in [0.15, 0.2) is 38.7 Å². The van der Waals surface area contributed by atoms with Crippen molar-refractivity contribution >= 4 is 0 Å². The van der Waals surface area contributed by atoms with E-state index < -0.39 is 17.1 Å². The second-order valence-corrected chi connectivity index (χ2v) is 4.68. The third-order valence-corrected chi connectivity index (χ3v) is 2.56. The fourth-order valence-electron chi connectivity index (χ4n) is 1.76. The van der Waals surface area contributed by atoms with Gasteiger partial charge in [0.05, 0.1) is 13.1 Å². The van der Waals surface area contributed by atoms with Crippen LogP contribution < -0.4 is 17.1 Å². The summed E-state index contributed by atoms with van der Waals surface area (Å²) in [5.74, 6) is 0. The maximum absolute atomic E-state index is 12.2. The first-order chi connectivity index (χ1) is 8.79. The highest BCUT2D eigenvalue weighted by molar-refractivity contribution is 4.94. The summed E-state index contributed by atoms with van der Waals surface area (Å²) in [5.41, 5.74) is -0.479. The Morgan fingerprint density at radius 3 is 1.42 bits per heavy atom. The summed E-state index contributed by atoms with van der Waals surface area (Å²) < 4.78 is 3.08. The molecule has 6 heteroatoms. The maximum atomic E-state index is 12.2. The maximum Gasteiger partial charge on any atom is 0.336 e. The average Bonchev–Trinajstić information content (AvgIpc) is 2.30. The van der Waals surface area contributed by atoms with Crippen LogP contribution in [0.4, 0.5) is 0 Å². The second kappa shape index (κ2) is 5.69. The van der Waals surface area contributed by atoms with Crippen LogP contribution in [0.5, 0.6) is 0 Å². The predicted octanol–water partition coefficient (Wildman–Crippen LogP) is 0.344. The van der Waals surface area contributed by atoms with E-state index in [-0.39, 0.29) is 19.6 Å². The summed E-state index contributed by atoms with van der Waals surface area (Å²) in [7, 11) is 0. The summed E-state index contributed by atoms with van der Waals surface area (Å²) in [6.45, 7) is 12.9. The molecule has 1 heterocycles. The van der Waals surface area contributed by atoms with Crippen molar-refractivity contribution in [3.05, 3.63) is 55.8 Å². The first-order valence-corrected chi connectivity index (χ1v) is 6.02. The highest BCUT2D eigenvalue weighted by atomic mass is 16.2. The van der Waals surface area contributed by atoms with E-state index in [1.807, 2.05) is 0 Å². The Balaban J connectivity index is 3.71. The van der Waals surface area contributed by atoms with Crippen molar-refractivity contribution in [1.29, 1.82) is 0 Å². The summed E-state index contributed by atoms with van der Waals surface area (Å²) >= 11 is 0. The van der Waals surface area contributed by atoms with Crippen molar-refractivity contribution in [1.82, 2.24) is 13.7 Å². The number of hydrogen-bond acceptors (Lipinski definition) is 3. The van der Waals surface area contributed by atoms with Gasteiger partial charge < -0.3 is 0 Å². The monoisotopic (exact) mass is 265 g/mol. The van der Waals surface area contributed by atoms with Crippen LogP contribution in [-0.2, 0) is 19.6 Å². The number of aromatic nitrogens is 3. The van der Waals surface area contributed by atoms with E-state index in [0.29, 0.717) is 11.1 Å². The largest absolute Gasteiger partial charge is 0.336 e. The molecule has 1 aromatic rings. The first kappa shape index (κ1) is 14.9. The third-order valence-electron chi connectivity index (χ3n) is 2.56. The van der Waals surface area contributed by atoms with Gasteiger partial charge in [-0.15, -0.1) is 0 Å². The molecule has 1 aromatic heterocycles. The highest BCUT2D eigenvalue weighted by Crippen LogP contribution is 1.91. The summed E-state index contributed by atoms with van der Waals surface area (Å²) in [6.07, 6.45) is 0. The molecule has 0 aliphatic heterocycles. The number of allylic oxidation sites excluding steroid dienone is 2. The van der Waals surface area contributed by atoms with Gasteiger partial charge in [0.2, 0.25) is 0 Å². The smallest absolute Gasteiger partial charge is 0.247 e. The number of rotatable bonds is 5. The van der Waals surface area contributed by atoms with Crippen molar-refractivity contribution < 1.29 is 0 Å². The van der Waals surface area contributed by atoms with E-state index in [0.717, 1.165) is 13.7 Å². The van der Waals surface area contributed by atoms with Gasteiger partial charge in [0.1, 0.15) is 0 Å². The van der Waals surface area contributed by atoms with E-state index in [9.17, 15) is 14.4 Å². The molecular weight excluding hydrogens is 246 g/mol. The van der Waals surface area contributed by atoms with Gasteiger partial charge in [0.25, 0.3) is 0 Å². The zero-order chi connectivity index (χ0) is 14.7. The second-order valence-electron chi connectivity index (χ2n) is 4.68. The fourth-order valence-corrected chi connectivity index (χ4v) is 1.76. The molecule has 1 rings (SSSR count). The fraction of sp³-hybridized carbons (Fsp3) is 0.462. The van der Waals surface area contributed by atoms with Gasteiger partial charge in [0.15, 0.2) is 0 Å². The van der Waals surface area contributed by atoms with Gasteiger partial charge >= 0.3 is 17.1 Å². The van der Waals surface area contributed by atoms with Crippen molar-refractivity contribution in [3.8, 4) is 0 Å². The van der Waals surface area contributed by atoms with E-state index in [2.05, 4.69) is 13.2 Å². The summed E-state index contributed by atoms with van der Waals surface area (Å²) in [5, 5.41) is 0. The highest BCUT2D eigenvalue weighted by Gasteiger charge is 2.14. The molecule has 0 aromatic carbocycles. The molecule has 0 fully saturated rings. The lowest BCUT2D eigenvalue weighted by Crippen LogP contribution is -2.54. The van der Waals surface area contributed by atoms with Crippen molar-refractivity contribution in [2.45, 2.75) is 40.4 Å². The minimum atomic E-state index is -0.620. The van der Waals surface area contributed by atoms with Gasteiger partial charge in [-0.05, 0) is 20.8 Å². The Morgan fingerprint density at radius 2 is 1.16 bits per heavy atom. The Bertz CT molecular complexity index is 634. The predicted molar refractivity (Wildman–Crippen MR) is 74.5 cm³/mol. The molecule has 0 bridgehead atoms. The lowest BCUT2D eigenvalue weighted by atomic mass is 10.3. The van der Waals surface area contributed by atoms with E-state index >= 15 is 0 Å². The standard InChI is InChI=1S/C13H19N3O3/c1-6-14-11(17)15(7-9(2)3)13(19)16(12(14)18)8-10(4)5/h2,4,6-8H2,1,3,5H3. The van der Waals surface area contributed by atoms with Crippen LogP contribution in [0, 0.1) is 0 Å². The minimum absolute atomic E-state index is 0.105. The van der Waals surface area contributed by atoms with Crippen LogP contribution >= 0.6 is 0 Å². The molecule has 0 aliphatic carbocycles. The zero-order valence-corrected chi connectivity index (χ0v) is 11.6. The van der Waals surface area contributed by atoms with Crippen LogP contribution in [0.1, 0.15) is 20.8 Å². The molecule has 0 atom stereocenters. The lowest BCUT2D eigenvalue weighted by molar-refractivity contribution is 0.481. The van der Waals surface area contributed by atoms with Crippen molar-refractivity contribution in [2.24, 2.45) is 0 Å². The van der Waals surface area contributed by atoms with Crippen LogP contribution in [0.2, 0.25) is 0 Å². The molecule has 0 saturated heterocycles. The third kappa shape index (κ3) is 3.01. The van der Waals surface area contributed by atoms with Crippen LogP contribution in [-0.4, -0.2) is 13.7 Å². The summed E-state index contributed by atoms with van der Waals surface area (Å²) in [6, 6.07) is 0. The van der Waals surface area contributed by atoms with E-state index in [1.54, 1.807) is 20.8 Å². The van der Waals surface area contributed by atoms with E-state index in [1.165, 1.54) is 0 Å². The summed E-state index contributed by atoms with van der Waals surface area (Å²) in [4.78, 5) is 36.3. The molecule has 0 aliphatic rings. The van der Waals surface area contributed by atoms with Gasteiger partial charge in [-0.25, -0.2) is 28.1 Å². The molecule has 0 unspecified atom stereocenters. The van der Waals surface area contributed by atoms with Crippen LogP contribution in [0.25, 0.3) is 0 Å².